The lowest BCUT2D eigenvalue weighted by atomic mass is 10.1. The van der Waals surface area contributed by atoms with Crippen LogP contribution in [0.2, 0.25) is 5.02 Å². The number of carbonyl (C=O) groups excluding carboxylic acids is 1. The average molecular weight is 472 g/mol. The summed E-state index contributed by atoms with van der Waals surface area (Å²) in [5.74, 6) is 0.893. The summed E-state index contributed by atoms with van der Waals surface area (Å²) >= 11 is 5.94. The summed E-state index contributed by atoms with van der Waals surface area (Å²) in [6.07, 6.45) is 3.41. The lowest BCUT2D eigenvalue weighted by Gasteiger charge is -2.10. The number of halogens is 1. The van der Waals surface area contributed by atoms with Crippen LogP contribution >= 0.6 is 11.6 Å². The van der Waals surface area contributed by atoms with Crippen molar-refractivity contribution in [2.24, 2.45) is 0 Å². The number of hydrogen-bond donors (Lipinski definition) is 1. The van der Waals surface area contributed by atoms with Crippen molar-refractivity contribution < 1.29 is 4.79 Å². The summed E-state index contributed by atoms with van der Waals surface area (Å²) in [7, 11) is 0. The zero-order valence-corrected chi connectivity index (χ0v) is 19.7. The third-order valence-corrected chi connectivity index (χ3v) is 5.91. The van der Waals surface area contributed by atoms with Crippen LogP contribution in [0.25, 0.3) is 22.5 Å². The molecule has 3 heterocycles. The SMILES string of the molecule is Cc1cc(NC(=O)Cc2ccc(Cl)cc2)n(-c2ncnc3c2cnn3-c2ccc(C)c(C)c2)n1. The molecule has 0 aliphatic carbocycles. The Hall–Kier alpha value is -4.04. The molecule has 0 saturated heterocycles. The first-order valence-electron chi connectivity index (χ1n) is 10.8. The Morgan fingerprint density at radius 1 is 0.971 bits per heavy atom. The molecule has 170 valence electrons. The van der Waals surface area contributed by atoms with Gasteiger partial charge < -0.3 is 5.32 Å². The van der Waals surface area contributed by atoms with Crippen molar-refractivity contribution in [1.29, 1.82) is 0 Å². The summed E-state index contributed by atoms with van der Waals surface area (Å²) in [5.41, 5.74) is 5.56. The molecule has 1 N–H and O–H groups in total. The van der Waals surface area contributed by atoms with Gasteiger partial charge in [0.1, 0.15) is 12.1 Å². The number of rotatable bonds is 5. The molecule has 0 aliphatic rings. The van der Waals surface area contributed by atoms with Crippen LogP contribution in [-0.4, -0.2) is 35.4 Å². The molecule has 5 rings (SSSR count). The van der Waals surface area contributed by atoms with Crippen LogP contribution in [0.5, 0.6) is 0 Å². The highest BCUT2D eigenvalue weighted by atomic mass is 35.5. The van der Waals surface area contributed by atoms with E-state index in [1.54, 1.807) is 27.7 Å². The monoisotopic (exact) mass is 471 g/mol. The van der Waals surface area contributed by atoms with Gasteiger partial charge >= 0.3 is 0 Å². The number of carbonyl (C=O) groups is 1. The summed E-state index contributed by atoms with van der Waals surface area (Å²) in [5, 5.41) is 13.4. The second kappa shape index (κ2) is 8.72. The number of amides is 1. The van der Waals surface area contributed by atoms with Gasteiger partial charge in [0.2, 0.25) is 5.91 Å². The summed E-state index contributed by atoms with van der Waals surface area (Å²) in [6, 6.07) is 15.2. The van der Waals surface area contributed by atoms with Gasteiger partial charge in [-0.2, -0.15) is 14.9 Å². The molecule has 0 atom stereocenters. The maximum atomic E-state index is 12.7. The highest BCUT2D eigenvalue weighted by Gasteiger charge is 2.18. The third-order valence-electron chi connectivity index (χ3n) is 5.66. The lowest BCUT2D eigenvalue weighted by Crippen LogP contribution is -2.17. The Labute approximate surface area is 201 Å². The molecule has 34 heavy (non-hydrogen) atoms. The first kappa shape index (κ1) is 21.8. The van der Waals surface area contributed by atoms with Gasteiger partial charge in [0, 0.05) is 11.1 Å². The molecule has 0 radical (unpaired) electrons. The van der Waals surface area contributed by atoms with Gasteiger partial charge in [0.05, 0.1) is 29.4 Å². The second-order valence-corrected chi connectivity index (χ2v) is 8.63. The predicted octanol–water partition coefficient (Wildman–Crippen LogP) is 4.76. The molecule has 1 amide bonds. The van der Waals surface area contributed by atoms with Gasteiger partial charge in [-0.25, -0.2) is 14.6 Å². The van der Waals surface area contributed by atoms with Gasteiger partial charge in [-0.15, -0.1) is 0 Å². The summed E-state index contributed by atoms with van der Waals surface area (Å²) in [6.45, 7) is 6.00. The fourth-order valence-electron chi connectivity index (χ4n) is 3.77. The number of anilines is 1. The zero-order chi connectivity index (χ0) is 23.8. The molecular formula is C25H22ClN7O. The number of nitrogens with one attached hydrogen (secondary N) is 1. The molecule has 0 saturated carbocycles. The van der Waals surface area contributed by atoms with E-state index in [1.165, 1.54) is 17.5 Å². The lowest BCUT2D eigenvalue weighted by molar-refractivity contribution is -0.115. The predicted molar refractivity (Wildman–Crippen MR) is 132 cm³/mol. The topological polar surface area (TPSA) is 90.5 Å². The first-order chi connectivity index (χ1) is 16.4. The zero-order valence-electron chi connectivity index (χ0n) is 19.0. The van der Waals surface area contributed by atoms with E-state index in [0.717, 1.165) is 22.3 Å². The largest absolute Gasteiger partial charge is 0.310 e. The van der Waals surface area contributed by atoms with E-state index in [1.807, 2.05) is 31.2 Å². The highest BCUT2D eigenvalue weighted by Crippen LogP contribution is 2.25. The van der Waals surface area contributed by atoms with Crippen LogP contribution in [0.4, 0.5) is 5.82 Å². The fourth-order valence-corrected chi connectivity index (χ4v) is 3.90. The van der Waals surface area contributed by atoms with Crippen molar-refractivity contribution in [2.45, 2.75) is 27.2 Å². The van der Waals surface area contributed by atoms with Crippen LogP contribution in [0.3, 0.4) is 0 Å². The Kier molecular flexibility index (Phi) is 5.59. The van der Waals surface area contributed by atoms with Crippen LogP contribution < -0.4 is 5.32 Å². The minimum atomic E-state index is -0.167. The molecule has 0 spiro atoms. The number of aryl methyl sites for hydroxylation is 3. The molecule has 0 fully saturated rings. The van der Waals surface area contributed by atoms with Gasteiger partial charge in [-0.05, 0) is 61.7 Å². The number of hydrogen-bond acceptors (Lipinski definition) is 5. The van der Waals surface area contributed by atoms with E-state index < -0.39 is 0 Å². The third kappa shape index (κ3) is 4.15. The van der Waals surface area contributed by atoms with Crippen molar-refractivity contribution in [2.75, 3.05) is 5.32 Å². The van der Waals surface area contributed by atoms with Gasteiger partial charge in [-0.1, -0.05) is 29.8 Å². The fraction of sp³-hybridized carbons (Fsp3) is 0.160. The molecule has 5 aromatic rings. The first-order valence-corrected chi connectivity index (χ1v) is 11.1. The molecule has 8 nitrogen and oxygen atoms in total. The van der Waals surface area contributed by atoms with E-state index in [0.29, 0.717) is 22.3 Å². The Bertz CT molecular complexity index is 1520. The van der Waals surface area contributed by atoms with Crippen molar-refractivity contribution in [3.8, 4) is 11.5 Å². The van der Waals surface area contributed by atoms with Crippen LogP contribution in [0.15, 0.2) is 61.1 Å². The van der Waals surface area contributed by atoms with E-state index in [9.17, 15) is 4.79 Å². The van der Waals surface area contributed by atoms with Crippen LogP contribution in [0, 0.1) is 20.8 Å². The Morgan fingerprint density at radius 3 is 2.53 bits per heavy atom. The highest BCUT2D eigenvalue weighted by molar-refractivity contribution is 6.30. The Balaban J connectivity index is 1.50. The van der Waals surface area contributed by atoms with Crippen molar-refractivity contribution in [3.63, 3.8) is 0 Å². The molecule has 2 aromatic carbocycles. The minimum absolute atomic E-state index is 0.167. The summed E-state index contributed by atoms with van der Waals surface area (Å²) in [4.78, 5) is 21.7. The normalized spacial score (nSPS) is 11.2. The van der Waals surface area contributed by atoms with E-state index >= 15 is 0 Å². The number of aromatic nitrogens is 6. The molecule has 9 heteroatoms. The maximum absolute atomic E-state index is 12.7. The number of benzene rings is 2. The van der Waals surface area contributed by atoms with E-state index in [-0.39, 0.29) is 12.3 Å². The van der Waals surface area contributed by atoms with Gasteiger partial charge in [-0.3, -0.25) is 4.79 Å². The van der Waals surface area contributed by atoms with Gasteiger partial charge in [0.15, 0.2) is 11.5 Å². The minimum Gasteiger partial charge on any atom is -0.310 e. The van der Waals surface area contributed by atoms with Gasteiger partial charge in [0.25, 0.3) is 0 Å². The molecule has 0 aliphatic heterocycles. The second-order valence-electron chi connectivity index (χ2n) is 8.19. The smallest absolute Gasteiger partial charge is 0.229 e. The molecule has 3 aromatic heterocycles. The van der Waals surface area contributed by atoms with Crippen molar-refractivity contribution in [3.05, 3.63) is 88.5 Å². The van der Waals surface area contributed by atoms with Crippen molar-refractivity contribution >= 4 is 34.4 Å². The van der Waals surface area contributed by atoms with E-state index in [4.69, 9.17) is 11.6 Å². The summed E-state index contributed by atoms with van der Waals surface area (Å²) < 4.78 is 3.40. The number of nitrogens with zero attached hydrogens (tertiary/aromatic N) is 6. The standard InChI is InChI=1S/C25H22ClN7O/c1-15-4-9-20(10-16(15)2)32-24-21(13-29-32)25(28-14-27-24)33-22(11-17(3)31-33)30-23(34)12-18-5-7-19(26)8-6-18/h4-11,13-14H,12H2,1-3H3,(H,30,34). The average Bonchev–Trinajstić information content (AvgIpc) is 3.40. The quantitative estimate of drug-likeness (QED) is 0.399. The number of fused-ring (bicyclic) bond motifs is 1. The molecular weight excluding hydrogens is 450 g/mol. The van der Waals surface area contributed by atoms with E-state index in [2.05, 4.69) is 51.5 Å². The Morgan fingerprint density at radius 2 is 1.76 bits per heavy atom. The molecule has 0 bridgehead atoms. The maximum Gasteiger partial charge on any atom is 0.229 e. The van der Waals surface area contributed by atoms with Crippen LogP contribution in [0.1, 0.15) is 22.4 Å². The molecule has 0 unspecified atom stereocenters. The van der Waals surface area contributed by atoms with Crippen molar-refractivity contribution in [1.82, 2.24) is 29.5 Å². The van der Waals surface area contributed by atoms with Crippen LogP contribution in [-0.2, 0) is 11.2 Å².